The summed E-state index contributed by atoms with van der Waals surface area (Å²) in [6.07, 6.45) is 7.93. The van der Waals surface area contributed by atoms with Crippen molar-refractivity contribution in [3.05, 3.63) is 65.1 Å². The fourth-order valence-corrected chi connectivity index (χ4v) is 5.23. The van der Waals surface area contributed by atoms with E-state index in [1.54, 1.807) is 4.90 Å². The van der Waals surface area contributed by atoms with Crippen LogP contribution in [-0.2, 0) is 9.53 Å². The number of amides is 2. The molecule has 2 aliphatic heterocycles. The van der Waals surface area contributed by atoms with Crippen LogP contribution in [0.25, 0.3) is 11.1 Å². The summed E-state index contributed by atoms with van der Waals surface area (Å²) in [6, 6.07) is 11.6. The fraction of sp³-hybridized carbons (Fsp3) is 0.357. The largest absolute Gasteiger partial charge is 0.357 e. The first kappa shape index (κ1) is 27.0. The van der Waals surface area contributed by atoms with Crippen molar-refractivity contribution in [1.82, 2.24) is 14.7 Å². The molecule has 1 unspecified atom stereocenters. The van der Waals surface area contributed by atoms with Crippen LogP contribution in [0.2, 0.25) is 0 Å². The van der Waals surface area contributed by atoms with Gasteiger partial charge in [-0.1, -0.05) is 12.1 Å². The van der Waals surface area contributed by atoms with Crippen LogP contribution in [-0.4, -0.2) is 52.0 Å². The number of benzene rings is 2. The molecule has 3 N–H and O–H groups in total. The smallest absolute Gasteiger partial charge is 0.321 e. The highest BCUT2D eigenvalue weighted by Crippen LogP contribution is 2.27. The maximum absolute atomic E-state index is 13.4. The van der Waals surface area contributed by atoms with Gasteiger partial charge in [0.1, 0.15) is 12.0 Å². The van der Waals surface area contributed by atoms with E-state index in [-0.39, 0.29) is 34.3 Å². The molecule has 1 atom stereocenters. The third-order valence-electron chi connectivity index (χ3n) is 7.11. The fourth-order valence-electron chi connectivity index (χ4n) is 4.85. The number of ketones is 1. The molecule has 3 aromatic rings. The van der Waals surface area contributed by atoms with E-state index in [4.69, 9.17) is 10.1 Å². The van der Waals surface area contributed by atoms with E-state index in [0.717, 1.165) is 37.0 Å². The van der Waals surface area contributed by atoms with Crippen LogP contribution in [0.3, 0.4) is 0 Å². The first-order valence-electron chi connectivity index (χ1n) is 13.0. The molecule has 0 saturated carbocycles. The van der Waals surface area contributed by atoms with Crippen LogP contribution in [0.5, 0.6) is 0 Å². The summed E-state index contributed by atoms with van der Waals surface area (Å²) in [6.45, 7) is 1.59. The van der Waals surface area contributed by atoms with Gasteiger partial charge in [-0.2, -0.15) is 5.10 Å². The standard InChI is InChI=1S/C28H30BrFN6O3/c29-23-15-22(8-9-24(23)30)33-27(31)26(37)19-10-12-35(13-11-19)28(38)34-21-6-4-18(5-7-21)20-16-32-36(17-20)25-3-1-2-14-39-25/h4-9,15-17,19,25H,1-3,10-14H2,(H2,31,33)(H,34,38). The maximum atomic E-state index is 13.4. The molecule has 1 aromatic heterocycles. The first-order chi connectivity index (χ1) is 18.9. The molecule has 204 valence electrons. The van der Waals surface area contributed by atoms with Gasteiger partial charge in [0, 0.05) is 48.7 Å². The Kier molecular flexibility index (Phi) is 8.37. The molecule has 0 spiro atoms. The van der Waals surface area contributed by atoms with Crippen molar-refractivity contribution in [2.24, 2.45) is 5.92 Å². The average Bonchev–Trinajstić information content (AvgIpc) is 3.46. The zero-order valence-corrected chi connectivity index (χ0v) is 22.9. The van der Waals surface area contributed by atoms with Gasteiger partial charge < -0.3 is 20.3 Å². The van der Waals surface area contributed by atoms with Gasteiger partial charge in [0.2, 0.25) is 5.78 Å². The number of amidine groups is 1. The van der Waals surface area contributed by atoms with E-state index < -0.39 is 5.82 Å². The van der Waals surface area contributed by atoms with E-state index in [2.05, 4.69) is 31.7 Å². The molecule has 39 heavy (non-hydrogen) atoms. The molecule has 0 radical (unpaired) electrons. The quantitative estimate of drug-likeness (QED) is 0.237. The van der Waals surface area contributed by atoms with Crippen LogP contribution in [0.15, 0.2) is 59.3 Å². The highest BCUT2D eigenvalue weighted by atomic mass is 79.9. The number of nitrogens with zero attached hydrogens (tertiary/aromatic N) is 3. The predicted molar refractivity (Wildman–Crippen MR) is 150 cm³/mol. The number of rotatable bonds is 6. The molecule has 3 heterocycles. The van der Waals surface area contributed by atoms with Gasteiger partial charge in [-0.05, 0) is 83.9 Å². The Labute approximate surface area is 234 Å². The van der Waals surface area contributed by atoms with E-state index in [1.165, 1.54) is 18.2 Å². The highest BCUT2D eigenvalue weighted by molar-refractivity contribution is 9.10. The Morgan fingerprint density at radius 3 is 2.44 bits per heavy atom. The Morgan fingerprint density at radius 2 is 1.74 bits per heavy atom. The number of hydrogen-bond acceptors (Lipinski definition) is 5. The third-order valence-corrected chi connectivity index (χ3v) is 7.72. The number of nitrogens with one attached hydrogen (secondary N) is 3. The summed E-state index contributed by atoms with van der Waals surface area (Å²) >= 11 is 3.10. The number of hydrogen-bond donors (Lipinski definition) is 3. The highest BCUT2D eigenvalue weighted by Gasteiger charge is 2.29. The number of ether oxygens (including phenoxy) is 1. The molecule has 11 heteroatoms. The second kappa shape index (κ2) is 12.1. The monoisotopic (exact) mass is 596 g/mol. The number of carbonyl (C=O) groups excluding carboxylic acids is 2. The van der Waals surface area contributed by atoms with Gasteiger partial charge >= 0.3 is 6.03 Å². The van der Waals surface area contributed by atoms with Crippen molar-refractivity contribution in [1.29, 1.82) is 5.41 Å². The van der Waals surface area contributed by atoms with E-state index >= 15 is 0 Å². The second-order valence-corrected chi connectivity index (χ2v) is 10.6. The maximum Gasteiger partial charge on any atom is 0.321 e. The van der Waals surface area contributed by atoms with Crippen molar-refractivity contribution in [2.75, 3.05) is 30.3 Å². The van der Waals surface area contributed by atoms with Crippen LogP contribution < -0.4 is 10.6 Å². The minimum atomic E-state index is -0.419. The predicted octanol–water partition coefficient (Wildman–Crippen LogP) is 6.05. The van der Waals surface area contributed by atoms with Gasteiger partial charge in [-0.15, -0.1) is 0 Å². The van der Waals surface area contributed by atoms with E-state index in [9.17, 15) is 14.0 Å². The number of aromatic nitrogens is 2. The molecule has 2 aromatic carbocycles. The molecule has 5 rings (SSSR count). The summed E-state index contributed by atoms with van der Waals surface area (Å²) in [5.41, 5.74) is 3.12. The van der Waals surface area contributed by atoms with Gasteiger partial charge in [-0.3, -0.25) is 10.2 Å². The van der Waals surface area contributed by atoms with Gasteiger partial charge in [-0.25, -0.2) is 13.9 Å². The topological polar surface area (TPSA) is 112 Å². The minimum Gasteiger partial charge on any atom is -0.357 e. The number of anilines is 2. The van der Waals surface area contributed by atoms with Crippen LogP contribution in [0, 0.1) is 17.1 Å². The van der Waals surface area contributed by atoms with E-state index in [0.29, 0.717) is 37.3 Å². The molecule has 0 bridgehead atoms. The van der Waals surface area contributed by atoms with Crippen LogP contribution in [0.1, 0.15) is 38.3 Å². The first-order valence-corrected chi connectivity index (χ1v) is 13.8. The normalized spacial score (nSPS) is 18.0. The lowest BCUT2D eigenvalue weighted by atomic mass is 9.92. The Morgan fingerprint density at radius 1 is 1.00 bits per heavy atom. The molecule has 9 nitrogen and oxygen atoms in total. The Hall–Kier alpha value is -3.57. The number of urea groups is 1. The summed E-state index contributed by atoms with van der Waals surface area (Å²) in [5, 5.41) is 18.3. The lowest BCUT2D eigenvalue weighted by Gasteiger charge is -2.31. The number of piperidine rings is 1. The SMILES string of the molecule is N=C(Nc1ccc(F)c(Br)c1)C(=O)C1CCN(C(=O)Nc2ccc(-c3cnn(C4CCCCO4)c3)cc2)CC1. The average molecular weight is 597 g/mol. The second-order valence-electron chi connectivity index (χ2n) is 9.79. The van der Waals surface area contributed by atoms with E-state index in [1.807, 2.05) is 41.3 Å². The summed E-state index contributed by atoms with van der Waals surface area (Å²) in [5.74, 6) is -1.33. The summed E-state index contributed by atoms with van der Waals surface area (Å²) in [4.78, 5) is 27.3. The van der Waals surface area contributed by atoms with Gasteiger partial charge in [0.05, 0.1) is 10.7 Å². The number of Topliss-reactive ketones (excluding diaryl/α,β-unsaturated/α-hetero) is 1. The number of likely N-dealkylation sites (tertiary alicyclic amines) is 1. The summed E-state index contributed by atoms with van der Waals surface area (Å²) in [7, 11) is 0. The van der Waals surface area contributed by atoms with Crippen molar-refractivity contribution in [3.8, 4) is 11.1 Å². The zero-order valence-electron chi connectivity index (χ0n) is 21.3. The van der Waals surface area contributed by atoms with Gasteiger partial charge in [0.15, 0.2) is 5.84 Å². The minimum absolute atomic E-state index is 0.00964. The molecule has 2 fully saturated rings. The molecule has 2 saturated heterocycles. The molecular weight excluding hydrogens is 567 g/mol. The van der Waals surface area contributed by atoms with Crippen LogP contribution in [0.4, 0.5) is 20.6 Å². The zero-order chi connectivity index (χ0) is 27.4. The summed E-state index contributed by atoms with van der Waals surface area (Å²) < 4.78 is 21.4. The molecular formula is C28H30BrFN6O3. The lowest BCUT2D eigenvalue weighted by molar-refractivity contribution is -0.117. The van der Waals surface area contributed by atoms with Crippen molar-refractivity contribution in [2.45, 2.75) is 38.3 Å². The van der Waals surface area contributed by atoms with Crippen molar-refractivity contribution in [3.63, 3.8) is 0 Å². The Balaban J connectivity index is 1.10. The molecule has 2 aliphatic rings. The molecule has 0 aliphatic carbocycles. The van der Waals surface area contributed by atoms with Crippen LogP contribution >= 0.6 is 15.9 Å². The Bertz CT molecular complexity index is 1350. The van der Waals surface area contributed by atoms with Gasteiger partial charge in [0.25, 0.3) is 0 Å². The third kappa shape index (κ3) is 6.54. The number of halogens is 2. The van der Waals surface area contributed by atoms with Crippen molar-refractivity contribution >= 4 is 45.0 Å². The number of carbonyl (C=O) groups is 2. The lowest BCUT2D eigenvalue weighted by Crippen LogP contribution is -2.44. The van der Waals surface area contributed by atoms with Crippen molar-refractivity contribution < 1.29 is 18.7 Å². The molecule has 2 amide bonds.